The van der Waals surface area contributed by atoms with Crippen molar-refractivity contribution in [3.05, 3.63) is 29.8 Å². The number of hydrogen-bond acceptors (Lipinski definition) is 3. The molecule has 2 unspecified atom stereocenters. The van der Waals surface area contributed by atoms with Gasteiger partial charge in [-0.1, -0.05) is 18.2 Å². The Kier molecular flexibility index (Phi) is 4.61. The molecule has 1 aliphatic rings. The first-order chi connectivity index (χ1) is 9.61. The van der Waals surface area contributed by atoms with E-state index in [0.717, 1.165) is 18.5 Å². The maximum atomic E-state index is 12.2. The Labute approximate surface area is 119 Å². The zero-order valence-corrected chi connectivity index (χ0v) is 11.9. The van der Waals surface area contributed by atoms with E-state index in [1.165, 1.54) is 5.56 Å². The van der Waals surface area contributed by atoms with E-state index < -0.39 is 6.04 Å². The largest absolute Gasteiger partial charge is 0.373 e. The Morgan fingerprint density at radius 2 is 2.15 bits per heavy atom. The lowest BCUT2D eigenvalue weighted by atomic mass is 9.97. The SMILES string of the molecule is CCNC(=O)C(C)NC(=O)C1CCc2ccccc2N1. The molecule has 0 radical (unpaired) electrons. The van der Waals surface area contributed by atoms with Crippen molar-refractivity contribution in [1.82, 2.24) is 10.6 Å². The van der Waals surface area contributed by atoms with E-state index in [0.29, 0.717) is 6.54 Å². The van der Waals surface area contributed by atoms with Crippen LogP contribution >= 0.6 is 0 Å². The Morgan fingerprint density at radius 1 is 1.40 bits per heavy atom. The number of nitrogens with one attached hydrogen (secondary N) is 3. The van der Waals surface area contributed by atoms with Crippen LogP contribution in [0.4, 0.5) is 5.69 Å². The van der Waals surface area contributed by atoms with Crippen LogP contribution in [0.15, 0.2) is 24.3 Å². The predicted octanol–water partition coefficient (Wildman–Crippen LogP) is 1.05. The summed E-state index contributed by atoms with van der Waals surface area (Å²) in [6.07, 6.45) is 1.61. The first-order valence-corrected chi connectivity index (χ1v) is 7.04. The summed E-state index contributed by atoms with van der Waals surface area (Å²) >= 11 is 0. The molecule has 0 fully saturated rings. The van der Waals surface area contributed by atoms with Crippen LogP contribution in [0.3, 0.4) is 0 Å². The zero-order chi connectivity index (χ0) is 14.5. The van der Waals surface area contributed by atoms with Crippen LogP contribution in [0.25, 0.3) is 0 Å². The molecule has 2 atom stereocenters. The Bertz CT molecular complexity index is 502. The minimum Gasteiger partial charge on any atom is -0.373 e. The first-order valence-electron chi connectivity index (χ1n) is 7.04. The zero-order valence-electron chi connectivity index (χ0n) is 11.9. The van der Waals surface area contributed by atoms with Gasteiger partial charge in [0.05, 0.1) is 0 Å². The lowest BCUT2D eigenvalue weighted by molar-refractivity contribution is -0.129. The van der Waals surface area contributed by atoms with E-state index in [4.69, 9.17) is 0 Å². The quantitative estimate of drug-likeness (QED) is 0.769. The van der Waals surface area contributed by atoms with Crippen LogP contribution in [0.1, 0.15) is 25.8 Å². The van der Waals surface area contributed by atoms with Crippen molar-refractivity contribution in [2.75, 3.05) is 11.9 Å². The summed E-state index contributed by atoms with van der Waals surface area (Å²) in [5, 5.41) is 8.68. The minimum absolute atomic E-state index is 0.127. The molecule has 2 amide bonds. The fraction of sp³-hybridized carbons (Fsp3) is 0.467. The van der Waals surface area contributed by atoms with Gasteiger partial charge in [0.15, 0.2) is 0 Å². The van der Waals surface area contributed by atoms with Crippen molar-refractivity contribution in [2.45, 2.75) is 38.8 Å². The van der Waals surface area contributed by atoms with Gasteiger partial charge in [-0.2, -0.15) is 0 Å². The van der Waals surface area contributed by atoms with E-state index in [1.54, 1.807) is 6.92 Å². The second-order valence-corrected chi connectivity index (χ2v) is 5.02. The van der Waals surface area contributed by atoms with Gasteiger partial charge in [0.1, 0.15) is 12.1 Å². The summed E-state index contributed by atoms with van der Waals surface area (Å²) in [6, 6.07) is 7.19. The molecule has 1 aliphatic heterocycles. The molecule has 5 nitrogen and oxygen atoms in total. The number of amides is 2. The average molecular weight is 275 g/mol. The second kappa shape index (κ2) is 6.41. The van der Waals surface area contributed by atoms with Crippen molar-refractivity contribution in [2.24, 2.45) is 0 Å². The monoisotopic (exact) mass is 275 g/mol. The number of likely N-dealkylation sites (N-methyl/N-ethyl adjacent to an activating group) is 1. The highest BCUT2D eigenvalue weighted by Crippen LogP contribution is 2.24. The average Bonchev–Trinajstić information content (AvgIpc) is 2.46. The predicted molar refractivity (Wildman–Crippen MR) is 78.5 cm³/mol. The molecule has 3 N–H and O–H groups in total. The van der Waals surface area contributed by atoms with Crippen molar-refractivity contribution in [1.29, 1.82) is 0 Å². The first kappa shape index (κ1) is 14.4. The van der Waals surface area contributed by atoms with E-state index >= 15 is 0 Å². The molecule has 0 saturated heterocycles. The molecule has 0 spiro atoms. The summed E-state index contributed by atoms with van der Waals surface area (Å²) in [6.45, 7) is 4.11. The van der Waals surface area contributed by atoms with E-state index in [1.807, 2.05) is 25.1 Å². The van der Waals surface area contributed by atoms with Crippen LogP contribution < -0.4 is 16.0 Å². The number of hydrogen-bond donors (Lipinski definition) is 3. The Morgan fingerprint density at radius 3 is 2.90 bits per heavy atom. The number of carbonyl (C=O) groups excluding carboxylic acids is 2. The van der Waals surface area contributed by atoms with Crippen molar-refractivity contribution in [3.8, 4) is 0 Å². The molecule has 1 aromatic carbocycles. The van der Waals surface area contributed by atoms with Gasteiger partial charge < -0.3 is 16.0 Å². The van der Waals surface area contributed by atoms with Crippen LogP contribution in [0.5, 0.6) is 0 Å². The highest BCUT2D eigenvalue weighted by Gasteiger charge is 2.25. The molecule has 0 saturated carbocycles. The third kappa shape index (κ3) is 3.29. The van der Waals surface area contributed by atoms with Gasteiger partial charge in [-0.3, -0.25) is 9.59 Å². The van der Waals surface area contributed by atoms with Gasteiger partial charge >= 0.3 is 0 Å². The van der Waals surface area contributed by atoms with Crippen LogP contribution in [-0.2, 0) is 16.0 Å². The molecule has 5 heteroatoms. The third-order valence-corrected chi connectivity index (χ3v) is 3.47. The van der Waals surface area contributed by atoms with Crippen LogP contribution in [-0.4, -0.2) is 30.4 Å². The van der Waals surface area contributed by atoms with Gasteiger partial charge in [-0.15, -0.1) is 0 Å². The van der Waals surface area contributed by atoms with Crippen molar-refractivity contribution in [3.63, 3.8) is 0 Å². The summed E-state index contributed by atoms with van der Waals surface area (Å²) < 4.78 is 0. The molecule has 108 valence electrons. The summed E-state index contributed by atoms with van der Waals surface area (Å²) in [5.74, 6) is -0.282. The van der Waals surface area contributed by atoms with Crippen LogP contribution in [0.2, 0.25) is 0 Å². The highest BCUT2D eigenvalue weighted by molar-refractivity contribution is 5.91. The molecule has 20 heavy (non-hydrogen) atoms. The lowest BCUT2D eigenvalue weighted by Crippen LogP contribution is -2.50. The van der Waals surface area contributed by atoms with Crippen LogP contribution in [0, 0.1) is 0 Å². The Hall–Kier alpha value is -2.04. The lowest BCUT2D eigenvalue weighted by Gasteiger charge is -2.27. The maximum Gasteiger partial charge on any atom is 0.243 e. The molecule has 1 heterocycles. The molecule has 2 rings (SSSR count). The fourth-order valence-corrected chi connectivity index (χ4v) is 2.34. The standard InChI is InChI=1S/C15H21N3O2/c1-3-16-14(19)10(2)17-15(20)13-9-8-11-6-4-5-7-12(11)18-13/h4-7,10,13,18H,3,8-9H2,1-2H3,(H,16,19)(H,17,20). The summed E-state index contributed by atoms with van der Waals surface area (Å²) in [5.41, 5.74) is 2.23. The number of fused-ring (bicyclic) bond motifs is 1. The molecular formula is C15H21N3O2. The number of anilines is 1. The molecular weight excluding hydrogens is 254 g/mol. The van der Waals surface area contributed by atoms with E-state index in [2.05, 4.69) is 22.0 Å². The van der Waals surface area contributed by atoms with Crippen molar-refractivity contribution < 1.29 is 9.59 Å². The van der Waals surface area contributed by atoms with Gasteiger partial charge in [-0.05, 0) is 38.3 Å². The third-order valence-electron chi connectivity index (χ3n) is 3.47. The van der Waals surface area contributed by atoms with Crippen molar-refractivity contribution >= 4 is 17.5 Å². The fourth-order valence-electron chi connectivity index (χ4n) is 2.34. The molecule has 0 aromatic heterocycles. The van der Waals surface area contributed by atoms with E-state index in [-0.39, 0.29) is 17.9 Å². The van der Waals surface area contributed by atoms with Gasteiger partial charge in [0.25, 0.3) is 0 Å². The topological polar surface area (TPSA) is 70.2 Å². The summed E-state index contributed by atoms with van der Waals surface area (Å²) in [7, 11) is 0. The highest BCUT2D eigenvalue weighted by atomic mass is 16.2. The normalized spacial score (nSPS) is 18.4. The summed E-state index contributed by atoms with van der Waals surface area (Å²) in [4.78, 5) is 23.8. The molecule has 0 aliphatic carbocycles. The number of aryl methyl sites for hydroxylation is 1. The molecule has 0 bridgehead atoms. The van der Waals surface area contributed by atoms with Gasteiger partial charge in [0.2, 0.25) is 11.8 Å². The number of rotatable bonds is 4. The minimum atomic E-state index is -0.513. The number of para-hydroxylation sites is 1. The second-order valence-electron chi connectivity index (χ2n) is 5.02. The van der Waals surface area contributed by atoms with E-state index in [9.17, 15) is 9.59 Å². The Balaban J connectivity index is 1.93. The number of benzene rings is 1. The van der Waals surface area contributed by atoms with Gasteiger partial charge in [-0.25, -0.2) is 0 Å². The smallest absolute Gasteiger partial charge is 0.243 e. The number of carbonyl (C=O) groups is 2. The molecule has 1 aromatic rings. The maximum absolute atomic E-state index is 12.2. The van der Waals surface area contributed by atoms with Gasteiger partial charge in [0, 0.05) is 12.2 Å².